The van der Waals surface area contributed by atoms with Gasteiger partial charge in [0.2, 0.25) is 0 Å². The van der Waals surface area contributed by atoms with E-state index < -0.39 is 12.0 Å². The topological polar surface area (TPSA) is 58.4 Å². The molecule has 84 valence electrons. The largest absolute Gasteiger partial charge is 0.480 e. The number of carboxylic acids is 1. The zero-order valence-corrected chi connectivity index (χ0v) is 9.13. The maximum absolute atomic E-state index is 10.9. The fourth-order valence-electron chi connectivity index (χ4n) is 1.52. The average Bonchev–Trinajstić information content (AvgIpc) is 2.67. The van der Waals surface area contributed by atoms with Gasteiger partial charge in [-0.2, -0.15) is 5.10 Å². The van der Waals surface area contributed by atoms with E-state index >= 15 is 0 Å². The summed E-state index contributed by atoms with van der Waals surface area (Å²) in [4.78, 5) is 12.7. The minimum absolute atomic E-state index is 0.402. The lowest BCUT2D eigenvalue weighted by atomic mass is 10.2. The second-order valence-electron chi connectivity index (χ2n) is 3.51. The molecule has 1 N–H and O–H groups in total. The van der Waals surface area contributed by atoms with Crippen LogP contribution in [0.15, 0.2) is 18.5 Å². The Bertz CT molecular complexity index is 298. The summed E-state index contributed by atoms with van der Waals surface area (Å²) < 4.78 is 1.80. The second-order valence-corrected chi connectivity index (χ2v) is 3.51. The van der Waals surface area contributed by atoms with Gasteiger partial charge in [0.25, 0.3) is 0 Å². The molecule has 0 fully saturated rings. The molecule has 15 heavy (non-hydrogen) atoms. The summed E-state index contributed by atoms with van der Waals surface area (Å²) in [6.45, 7) is 3.28. The summed E-state index contributed by atoms with van der Waals surface area (Å²) in [6.07, 6.45) is 4.20. The fraction of sp³-hybridized carbons (Fsp3) is 0.600. The molecule has 5 heteroatoms. The maximum atomic E-state index is 10.9. The van der Waals surface area contributed by atoms with Crippen LogP contribution in [0.5, 0.6) is 0 Å². The zero-order valence-electron chi connectivity index (χ0n) is 9.13. The molecule has 0 saturated carbocycles. The first kappa shape index (κ1) is 11.7. The Morgan fingerprint density at radius 3 is 2.87 bits per heavy atom. The first-order valence-electron chi connectivity index (χ1n) is 5.05. The first-order valence-corrected chi connectivity index (χ1v) is 5.05. The van der Waals surface area contributed by atoms with E-state index in [1.807, 2.05) is 31.1 Å². The van der Waals surface area contributed by atoms with E-state index in [0.29, 0.717) is 19.5 Å². The molecule has 0 radical (unpaired) electrons. The molecule has 0 aliphatic heterocycles. The Morgan fingerprint density at radius 2 is 2.40 bits per heavy atom. The molecule has 0 aromatic carbocycles. The number of carboxylic acid groups (broad SMARTS) is 1. The van der Waals surface area contributed by atoms with Gasteiger partial charge in [-0.15, -0.1) is 0 Å². The van der Waals surface area contributed by atoms with E-state index in [1.165, 1.54) is 0 Å². The third-order valence-electron chi connectivity index (χ3n) is 2.44. The van der Waals surface area contributed by atoms with Crippen LogP contribution in [0.3, 0.4) is 0 Å². The van der Waals surface area contributed by atoms with Crippen LogP contribution < -0.4 is 0 Å². The summed E-state index contributed by atoms with van der Waals surface area (Å²) in [5.74, 6) is -0.763. The highest BCUT2D eigenvalue weighted by Gasteiger charge is 2.19. The molecule has 1 atom stereocenters. The number of nitrogens with zero attached hydrogens (tertiary/aromatic N) is 3. The van der Waals surface area contributed by atoms with Crippen LogP contribution in [-0.4, -0.2) is 45.4 Å². The van der Waals surface area contributed by atoms with Gasteiger partial charge in [-0.05, 0) is 19.5 Å². The van der Waals surface area contributed by atoms with Crippen molar-refractivity contribution >= 4 is 5.97 Å². The van der Waals surface area contributed by atoms with Crippen LogP contribution in [0.4, 0.5) is 0 Å². The van der Waals surface area contributed by atoms with Crippen LogP contribution in [0.25, 0.3) is 0 Å². The Kier molecular flexibility index (Phi) is 4.30. The Labute approximate surface area is 89.3 Å². The molecule has 0 saturated heterocycles. The van der Waals surface area contributed by atoms with Crippen molar-refractivity contribution < 1.29 is 9.90 Å². The number of rotatable bonds is 6. The zero-order chi connectivity index (χ0) is 11.3. The Balaban J connectivity index is 2.40. The van der Waals surface area contributed by atoms with Crippen molar-refractivity contribution in [2.24, 2.45) is 0 Å². The van der Waals surface area contributed by atoms with E-state index in [1.54, 1.807) is 10.9 Å². The minimum Gasteiger partial charge on any atom is -0.480 e. The van der Waals surface area contributed by atoms with Crippen molar-refractivity contribution in [3.63, 3.8) is 0 Å². The van der Waals surface area contributed by atoms with Crippen LogP contribution in [0, 0.1) is 0 Å². The van der Waals surface area contributed by atoms with E-state index in [2.05, 4.69) is 5.10 Å². The molecular weight excluding hydrogens is 194 g/mol. The van der Waals surface area contributed by atoms with Crippen LogP contribution in [0.1, 0.15) is 13.3 Å². The minimum atomic E-state index is -0.763. The average molecular weight is 211 g/mol. The van der Waals surface area contributed by atoms with Crippen molar-refractivity contribution in [1.82, 2.24) is 14.7 Å². The Morgan fingerprint density at radius 1 is 1.67 bits per heavy atom. The predicted molar refractivity (Wildman–Crippen MR) is 56.6 cm³/mol. The van der Waals surface area contributed by atoms with E-state index in [-0.39, 0.29) is 0 Å². The smallest absolute Gasteiger partial charge is 0.320 e. The van der Waals surface area contributed by atoms with E-state index in [0.717, 1.165) is 0 Å². The normalized spacial score (nSPS) is 13.0. The lowest BCUT2D eigenvalue weighted by molar-refractivity contribution is -0.142. The quantitative estimate of drug-likeness (QED) is 0.751. The number of likely N-dealkylation sites (N-methyl/N-ethyl adjacent to an activating group) is 1. The van der Waals surface area contributed by atoms with Gasteiger partial charge in [0.1, 0.15) is 6.04 Å². The Hall–Kier alpha value is -1.36. The monoisotopic (exact) mass is 211 g/mol. The second kappa shape index (κ2) is 5.50. The lowest BCUT2D eigenvalue weighted by Crippen LogP contribution is -2.39. The molecular formula is C10H17N3O2. The number of hydrogen-bond donors (Lipinski definition) is 1. The number of hydrogen-bond acceptors (Lipinski definition) is 3. The number of aromatic nitrogens is 2. The van der Waals surface area contributed by atoms with Gasteiger partial charge in [-0.3, -0.25) is 14.4 Å². The van der Waals surface area contributed by atoms with Gasteiger partial charge < -0.3 is 5.11 Å². The predicted octanol–water partition coefficient (Wildman–Crippen LogP) is 0.678. The third kappa shape index (κ3) is 3.36. The third-order valence-corrected chi connectivity index (χ3v) is 2.44. The van der Waals surface area contributed by atoms with Crippen molar-refractivity contribution in [2.75, 3.05) is 13.6 Å². The maximum Gasteiger partial charge on any atom is 0.320 e. The van der Waals surface area contributed by atoms with Gasteiger partial charge in [0, 0.05) is 18.9 Å². The fourth-order valence-corrected chi connectivity index (χ4v) is 1.52. The summed E-state index contributed by atoms with van der Waals surface area (Å²) in [6, 6.07) is 1.45. The van der Waals surface area contributed by atoms with Crippen LogP contribution >= 0.6 is 0 Å². The molecule has 1 aromatic rings. The van der Waals surface area contributed by atoms with E-state index in [9.17, 15) is 4.79 Å². The molecule has 1 heterocycles. The molecule has 0 amide bonds. The van der Waals surface area contributed by atoms with Crippen molar-refractivity contribution in [1.29, 1.82) is 0 Å². The van der Waals surface area contributed by atoms with Gasteiger partial charge >= 0.3 is 5.97 Å². The lowest BCUT2D eigenvalue weighted by Gasteiger charge is -2.23. The first-order chi connectivity index (χ1) is 7.15. The molecule has 0 aliphatic rings. The van der Waals surface area contributed by atoms with Gasteiger partial charge in [-0.1, -0.05) is 6.92 Å². The standard InChI is InChI=1S/C10H17N3O2/c1-3-9(10(14)15)12(2)7-8-13-6-4-5-11-13/h4-6,9H,3,7-8H2,1-2H3,(H,14,15)/t9-/m1/s1. The van der Waals surface area contributed by atoms with Gasteiger partial charge in [0.15, 0.2) is 0 Å². The highest BCUT2D eigenvalue weighted by Crippen LogP contribution is 2.01. The molecule has 1 rings (SSSR count). The highest BCUT2D eigenvalue weighted by molar-refractivity contribution is 5.73. The summed E-state index contributed by atoms with van der Waals surface area (Å²) in [5, 5.41) is 13.0. The number of aliphatic carboxylic acids is 1. The molecule has 0 aliphatic carbocycles. The summed E-state index contributed by atoms with van der Waals surface area (Å²) in [5.41, 5.74) is 0. The molecule has 0 spiro atoms. The van der Waals surface area contributed by atoms with Gasteiger partial charge in [0.05, 0.1) is 6.54 Å². The molecule has 1 aromatic heterocycles. The van der Waals surface area contributed by atoms with Crippen LogP contribution in [-0.2, 0) is 11.3 Å². The number of carbonyl (C=O) groups is 1. The molecule has 0 unspecified atom stereocenters. The SMILES string of the molecule is CC[C@H](C(=O)O)N(C)CCn1cccn1. The summed E-state index contributed by atoms with van der Waals surface area (Å²) in [7, 11) is 1.83. The molecule has 0 bridgehead atoms. The van der Waals surface area contributed by atoms with Crippen molar-refractivity contribution in [2.45, 2.75) is 25.9 Å². The van der Waals surface area contributed by atoms with Crippen molar-refractivity contribution in [3.8, 4) is 0 Å². The van der Waals surface area contributed by atoms with Gasteiger partial charge in [-0.25, -0.2) is 0 Å². The van der Waals surface area contributed by atoms with Crippen LogP contribution in [0.2, 0.25) is 0 Å². The van der Waals surface area contributed by atoms with E-state index in [4.69, 9.17) is 5.11 Å². The van der Waals surface area contributed by atoms with Crippen molar-refractivity contribution in [3.05, 3.63) is 18.5 Å². The molecule has 5 nitrogen and oxygen atoms in total. The highest BCUT2D eigenvalue weighted by atomic mass is 16.4. The summed E-state index contributed by atoms with van der Waals surface area (Å²) >= 11 is 0.